The summed E-state index contributed by atoms with van der Waals surface area (Å²) in [6, 6.07) is 7.62. The van der Waals surface area contributed by atoms with Gasteiger partial charge in [0.25, 0.3) is 0 Å². The molecule has 0 aliphatic heterocycles. The van der Waals surface area contributed by atoms with Crippen molar-refractivity contribution in [1.29, 1.82) is 0 Å². The molecule has 1 aromatic rings. The number of aliphatic hydroxyl groups is 1. The van der Waals surface area contributed by atoms with Gasteiger partial charge in [0, 0.05) is 25.8 Å². The van der Waals surface area contributed by atoms with E-state index in [1.807, 2.05) is 18.2 Å². The van der Waals surface area contributed by atoms with Gasteiger partial charge in [0.05, 0.1) is 13.7 Å². The Balaban J connectivity index is 2.30. The van der Waals surface area contributed by atoms with Gasteiger partial charge in [-0.05, 0) is 18.6 Å². The van der Waals surface area contributed by atoms with Crippen LogP contribution in [0.1, 0.15) is 19.8 Å². The van der Waals surface area contributed by atoms with Crippen LogP contribution in [0.25, 0.3) is 0 Å². The molecule has 0 radical (unpaired) electrons. The average Bonchev–Trinajstić information content (AvgIpc) is 2.51. The van der Waals surface area contributed by atoms with Crippen molar-refractivity contribution in [2.45, 2.75) is 31.9 Å². The van der Waals surface area contributed by atoms with Crippen molar-refractivity contribution in [3.8, 4) is 11.5 Å². The van der Waals surface area contributed by atoms with Gasteiger partial charge in [-0.15, -0.1) is 0 Å². The Morgan fingerprint density at radius 2 is 1.95 bits per heavy atom. The van der Waals surface area contributed by atoms with E-state index in [1.54, 1.807) is 20.3 Å². The summed E-state index contributed by atoms with van der Waals surface area (Å²) in [5.41, 5.74) is 0. The standard InChI is InChI=1S/C16H27NO4/c1-4-6-13(11-19-2)17-10-14(18)12-21-16-8-5-7-15(9-16)20-3/h5,7-9,13-14,17-18H,4,6,10-12H2,1-3H3. The first-order chi connectivity index (χ1) is 10.2. The number of benzene rings is 1. The molecule has 0 aliphatic rings. The Morgan fingerprint density at radius 3 is 2.62 bits per heavy atom. The van der Waals surface area contributed by atoms with Gasteiger partial charge in [-0.2, -0.15) is 0 Å². The Morgan fingerprint density at radius 1 is 1.19 bits per heavy atom. The number of hydrogen-bond acceptors (Lipinski definition) is 5. The summed E-state index contributed by atoms with van der Waals surface area (Å²) in [6.45, 7) is 3.51. The first kappa shape index (κ1) is 17.8. The van der Waals surface area contributed by atoms with Gasteiger partial charge in [-0.25, -0.2) is 0 Å². The van der Waals surface area contributed by atoms with Crippen molar-refractivity contribution >= 4 is 0 Å². The molecule has 5 heteroatoms. The van der Waals surface area contributed by atoms with Crippen LogP contribution in [0.2, 0.25) is 0 Å². The molecule has 5 nitrogen and oxygen atoms in total. The molecule has 0 bridgehead atoms. The molecule has 0 aliphatic carbocycles. The fourth-order valence-electron chi connectivity index (χ4n) is 2.04. The maximum Gasteiger partial charge on any atom is 0.123 e. The van der Waals surface area contributed by atoms with Crippen LogP contribution in [0.15, 0.2) is 24.3 Å². The molecule has 2 unspecified atom stereocenters. The highest BCUT2D eigenvalue weighted by atomic mass is 16.5. The molecule has 0 saturated carbocycles. The van der Waals surface area contributed by atoms with E-state index in [1.165, 1.54) is 0 Å². The minimum Gasteiger partial charge on any atom is -0.497 e. The summed E-state index contributed by atoms with van der Waals surface area (Å²) in [7, 11) is 3.30. The van der Waals surface area contributed by atoms with Crippen molar-refractivity contribution in [3.63, 3.8) is 0 Å². The number of rotatable bonds is 11. The fourth-order valence-corrected chi connectivity index (χ4v) is 2.04. The predicted molar refractivity (Wildman–Crippen MR) is 83.1 cm³/mol. The van der Waals surface area contributed by atoms with Crippen molar-refractivity contribution in [2.75, 3.05) is 34.0 Å². The molecule has 2 atom stereocenters. The first-order valence-corrected chi connectivity index (χ1v) is 7.36. The summed E-state index contributed by atoms with van der Waals surface area (Å²) in [5.74, 6) is 1.43. The lowest BCUT2D eigenvalue weighted by atomic mass is 10.2. The van der Waals surface area contributed by atoms with Gasteiger partial charge in [-0.1, -0.05) is 19.4 Å². The number of ether oxygens (including phenoxy) is 3. The predicted octanol–water partition coefficient (Wildman–Crippen LogP) is 1.84. The van der Waals surface area contributed by atoms with Crippen LogP contribution in [0, 0.1) is 0 Å². The third-order valence-electron chi connectivity index (χ3n) is 3.13. The first-order valence-electron chi connectivity index (χ1n) is 7.36. The topological polar surface area (TPSA) is 60.0 Å². The third-order valence-corrected chi connectivity index (χ3v) is 3.13. The monoisotopic (exact) mass is 297 g/mol. The quantitative estimate of drug-likeness (QED) is 0.652. The molecule has 0 fully saturated rings. The molecule has 0 heterocycles. The highest BCUT2D eigenvalue weighted by Gasteiger charge is 2.11. The van der Waals surface area contributed by atoms with E-state index < -0.39 is 6.10 Å². The zero-order valence-corrected chi connectivity index (χ0v) is 13.2. The van der Waals surface area contributed by atoms with Crippen molar-refractivity contribution < 1.29 is 19.3 Å². The summed E-state index contributed by atoms with van der Waals surface area (Å²) in [5, 5.41) is 13.3. The second-order valence-electron chi connectivity index (χ2n) is 4.99. The Labute approximate surface area is 127 Å². The smallest absolute Gasteiger partial charge is 0.123 e. The molecular weight excluding hydrogens is 270 g/mol. The molecule has 1 rings (SSSR count). The average molecular weight is 297 g/mol. The fraction of sp³-hybridized carbons (Fsp3) is 0.625. The van der Waals surface area contributed by atoms with Crippen LogP contribution in [0.3, 0.4) is 0 Å². The summed E-state index contributed by atoms with van der Waals surface area (Å²) < 4.78 is 15.8. The van der Waals surface area contributed by atoms with Crippen molar-refractivity contribution in [3.05, 3.63) is 24.3 Å². The van der Waals surface area contributed by atoms with Crippen LogP contribution in [0.5, 0.6) is 11.5 Å². The van der Waals surface area contributed by atoms with Crippen LogP contribution >= 0.6 is 0 Å². The summed E-state index contributed by atoms with van der Waals surface area (Å²) >= 11 is 0. The maximum absolute atomic E-state index is 9.96. The zero-order chi connectivity index (χ0) is 15.5. The Bertz CT molecular complexity index is 380. The van der Waals surface area contributed by atoms with E-state index in [2.05, 4.69) is 12.2 Å². The molecule has 0 aromatic heterocycles. The SMILES string of the molecule is CCCC(COC)NCC(O)COc1cccc(OC)c1. The molecule has 1 aromatic carbocycles. The number of aliphatic hydroxyl groups excluding tert-OH is 1. The summed E-state index contributed by atoms with van der Waals surface area (Å²) in [4.78, 5) is 0. The molecular formula is C16H27NO4. The van der Waals surface area contributed by atoms with Crippen LogP contribution in [0.4, 0.5) is 0 Å². The Kier molecular flexibility index (Phi) is 8.82. The van der Waals surface area contributed by atoms with Gasteiger partial charge < -0.3 is 24.6 Å². The Hall–Kier alpha value is -1.30. The minimum absolute atomic E-state index is 0.242. The van der Waals surface area contributed by atoms with Gasteiger partial charge in [-0.3, -0.25) is 0 Å². The molecule has 120 valence electrons. The third kappa shape index (κ3) is 7.32. The molecule has 21 heavy (non-hydrogen) atoms. The van der Waals surface area contributed by atoms with E-state index in [-0.39, 0.29) is 12.6 Å². The largest absolute Gasteiger partial charge is 0.497 e. The summed E-state index contributed by atoms with van der Waals surface area (Å²) in [6.07, 6.45) is 1.54. The lowest BCUT2D eigenvalue weighted by molar-refractivity contribution is 0.0945. The zero-order valence-electron chi connectivity index (χ0n) is 13.2. The van der Waals surface area contributed by atoms with Crippen LogP contribution in [-0.2, 0) is 4.74 Å². The lowest BCUT2D eigenvalue weighted by Crippen LogP contribution is -2.40. The van der Waals surface area contributed by atoms with Crippen LogP contribution in [-0.4, -0.2) is 51.2 Å². The highest BCUT2D eigenvalue weighted by Crippen LogP contribution is 2.18. The van der Waals surface area contributed by atoms with E-state index in [0.29, 0.717) is 18.9 Å². The molecule has 0 saturated heterocycles. The minimum atomic E-state index is -0.563. The van der Waals surface area contributed by atoms with Gasteiger partial charge in [0.1, 0.15) is 24.2 Å². The second kappa shape index (κ2) is 10.4. The van der Waals surface area contributed by atoms with E-state index >= 15 is 0 Å². The van der Waals surface area contributed by atoms with E-state index in [4.69, 9.17) is 14.2 Å². The molecule has 2 N–H and O–H groups in total. The molecule has 0 amide bonds. The lowest BCUT2D eigenvalue weighted by Gasteiger charge is -2.20. The molecule has 0 spiro atoms. The van der Waals surface area contributed by atoms with Gasteiger partial charge >= 0.3 is 0 Å². The number of hydrogen-bond donors (Lipinski definition) is 2. The normalized spacial score (nSPS) is 13.7. The van der Waals surface area contributed by atoms with E-state index in [9.17, 15) is 5.11 Å². The van der Waals surface area contributed by atoms with Crippen LogP contribution < -0.4 is 14.8 Å². The van der Waals surface area contributed by atoms with Crippen molar-refractivity contribution in [2.24, 2.45) is 0 Å². The maximum atomic E-state index is 9.96. The van der Waals surface area contributed by atoms with E-state index in [0.717, 1.165) is 18.6 Å². The second-order valence-corrected chi connectivity index (χ2v) is 4.99. The number of methoxy groups -OCH3 is 2. The van der Waals surface area contributed by atoms with Gasteiger partial charge in [0.2, 0.25) is 0 Å². The number of nitrogens with one attached hydrogen (secondary N) is 1. The highest BCUT2D eigenvalue weighted by molar-refractivity contribution is 5.32. The van der Waals surface area contributed by atoms with Gasteiger partial charge in [0.15, 0.2) is 0 Å². The van der Waals surface area contributed by atoms with Crippen molar-refractivity contribution in [1.82, 2.24) is 5.32 Å².